The van der Waals surface area contributed by atoms with Gasteiger partial charge in [-0.3, -0.25) is 9.59 Å². The SMILES string of the molecule is CNc1cc(C(=O)Nc2cc(C(C)=O)n(C)c2)n(C)c1. The molecule has 2 aromatic rings. The highest BCUT2D eigenvalue weighted by molar-refractivity contribution is 6.04. The molecular formula is C14H18N4O2. The van der Waals surface area contributed by atoms with Crippen molar-refractivity contribution >= 4 is 23.1 Å². The van der Waals surface area contributed by atoms with Crippen LogP contribution in [0.2, 0.25) is 0 Å². The number of rotatable bonds is 4. The van der Waals surface area contributed by atoms with E-state index in [0.717, 1.165) is 5.69 Å². The summed E-state index contributed by atoms with van der Waals surface area (Å²) in [5, 5.41) is 5.78. The van der Waals surface area contributed by atoms with Gasteiger partial charge in [-0.2, -0.15) is 0 Å². The number of Topliss-reactive ketones (excluding diaryl/α,β-unsaturated/α-hetero) is 1. The minimum atomic E-state index is -0.213. The molecule has 6 nitrogen and oxygen atoms in total. The Labute approximate surface area is 117 Å². The number of amides is 1. The van der Waals surface area contributed by atoms with E-state index < -0.39 is 0 Å². The third-order valence-corrected chi connectivity index (χ3v) is 3.15. The summed E-state index contributed by atoms with van der Waals surface area (Å²) in [6.45, 7) is 1.50. The molecule has 0 unspecified atom stereocenters. The van der Waals surface area contributed by atoms with Crippen molar-refractivity contribution < 1.29 is 9.59 Å². The molecule has 0 atom stereocenters. The molecule has 2 rings (SSSR count). The minimum absolute atomic E-state index is 0.0377. The van der Waals surface area contributed by atoms with E-state index >= 15 is 0 Å². The molecule has 0 saturated heterocycles. The van der Waals surface area contributed by atoms with Crippen LogP contribution in [0.1, 0.15) is 27.9 Å². The lowest BCUT2D eigenvalue weighted by Gasteiger charge is -2.03. The van der Waals surface area contributed by atoms with Crippen LogP contribution < -0.4 is 10.6 Å². The van der Waals surface area contributed by atoms with Gasteiger partial charge in [-0.1, -0.05) is 0 Å². The highest BCUT2D eigenvalue weighted by atomic mass is 16.2. The van der Waals surface area contributed by atoms with Crippen LogP contribution in [0.3, 0.4) is 0 Å². The fourth-order valence-electron chi connectivity index (χ4n) is 2.11. The molecule has 0 radical (unpaired) electrons. The second-order valence-corrected chi connectivity index (χ2v) is 4.71. The highest BCUT2D eigenvalue weighted by Crippen LogP contribution is 2.17. The van der Waals surface area contributed by atoms with Crippen LogP contribution in [0.15, 0.2) is 24.5 Å². The number of carbonyl (C=O) groups excluding carboxylic acids is 2. The molecule has 106 valence electrons. The lowest BCUT2D eigenvalue weighted by Crippen LogP contribution is -2.14. The highest BCUT2D eigenvalue weighted by Gasteiger charge is 2.14. The molecule has 6 heteroatoms. The van der Waals surface area contributed by atoms with Crippen LogP contribution in [0.5, 0.6) is 0 Å². The molecule has 0 bridgehead atoms. The topological polar surface area (TPSA) is 68.1 Å². The summed E-state index contributed by atoms with van der Waals surface area (Å²) in [6.07, 6.45) is 3.55. The zero-order valence-electron chi connectivity index (χ0n) is 12.0. The van der Waals surface area contributed by atoms with E-state index in [1.165, 1.54) is 6.92 Å². The Bertz CT molecular complexity index is 667. The van der Waals surface area contributed by atoms with Crippen molar-refractivity contribution in [2.45, 2.75) is 6.92 Å². The molecule has 0 aromatic carbocycles. The van der Waals surface area contributed by atoms with Gasteiger partial charge in [-0.15, -0.1) is 0 Å². The Balaban J connectivity index is 2.21. The van der Waals surface area contributed by atoms with Crippen molar-refractivity contribution in [2.24, 2.45) is 14.1 Å². The van der Waals surface area contributed by atoms with Gasteiger partial charge in [0.25, 0.3) is 5.91 Å². The van der Waals surface area contributed by atoms with E-state index in [1.807, 2.05) is 13.2 Å². The monoisotopic (exact) mass is 274 g/mol. The molecule has 20 heavy (non-hydrogen) atoms. The lowest BCUT2D eigenvalue weighted by molar-refractivity contribution is 0.1000. The maximum atomic E-state index is 12.2. The van der Waals surface area contributed by atoms with E-state index in [-0.39, 0.29) is 11.7 Å². The van der Waals surface area contributed by atoms with Gasteiger partial charge in [0.1, 0.15) is 5.69 Å². The first-order chi connectivity index (χ1) is 9.42. The van der Waals surface area contributed by atoms with Gasteiger partial charge < -0.3 is 19.8 Å². The second kappa shape index (κ2) is 5.24. The standard InChI is InChI=1S/C14H18N4O2/c1-9(19)12-6-11(8-17(12)3)16-14(20)13-5-10(15-2)7-18(13)4/h5-8,15H,1-4H3,(H,16,20). The molecule has 0 spiro atoms. The third kappa shape index (κ3) is 2.59. The number of carbonyl (C=O) groups is 2. The number of aryl methyl sites for hydroxylation is 2. The van der Waals surface area contributed by atoms with Crippen LogP contribution in [-0.2, 0) is 14.1 Å². The van der Waals surface area contributed by atoms with Gasteiger partial charge in [0.2, 0.25) is 0 Å². The van der Waals surface area contributed by atoms with Crippen LogP contribution in [0.4, 0.5) is 11.4 Å². The van der Waals surface area contributed by atoms with Gasteiger partial charge in [-0.25, -0.2) is 0 Å². The Morgan fingerprint density at radius 3 is 2.05 bits per heavy atom. The van der Waals surface area contributed by atoms with Gasteiger partial charge in [0.05, 0.1) is 17.1 Å². The zero-order chi connectivity index (χ0) is 14.9. The number of aromatic nitrogens is 2. The van der Waals surface area contributed by atoms with Crippen LogP contribution in [0, 0.1) is 0 Å². The molecular weight excluding hydrogens is 256 g/mol. The number of nitrogens with zero attached hydrogens (tertiary/aromatic N) is 2. The van der Waals surface area contributed by atoms with Crippen molar-refractivity contribution in [3.8, 4) is 0 Å². The Morgan fingerprint density at radius 1 is 1.00 bits per heavy atom. The molecule has 1 amide bonds. The van der Waals surface area contributed by atoms with Gasteiger partial charge in [0.15, 0.2) is 5.78 Å². The number of hydrogen-bond donors (Lipinski definition) is 2. The normalized spacial score (nSPS) is 10.4. The smallest absolute Gasteiger partial charge is 0.272 e. The Kier molecular flexibility index (Phi) is 3.65. The third-order valence-electron chi connectivity index (χ3n) is 3.15. The van der Waals surface area contributed by atoms with Crippen LogP contribution in [-0.4, -0.2) is 27.9 Å². The Hall–Kier alpha value is -2.50. The van der Waals surface area contributed by atoms with E-state index in [9.17, 15) is 9.59 Å². The van der Waals surface area contributed by atoms with Crippen LogP contribution >= 0.6 is 0 Å². The van der Waals surface area contributed by atoms with E-state index in [1.54, 1.807) is 41.6 Å². The summed E-state index contributed by atoms with van der Waals surface area (Å²) in [4.78, 5) is 23.6. The number of hydrogen-bond acceptors (Lipinski definition) is 3. The lowest BCUT2D eigenvalue weighted by atomic mass is 10.3. The second-order valence-electron chi connectivity index (χ2n) is 4.71. The summed E-state index contributed by atoms with van der Waals surface area (Å²) in [7, 11) is 5.38. The molecule has 0 fully saturated rings. The first kappa shape index (κ1) is 13.9. The van der Waals surface area contributed by atoms with E-state index in [2.05, 4.69) is 10.6 Å². The number of ketones is 1. The van der Waals surface area contributed by atoms with Crippen molar-refractivity contribution in [1.82, 2.24) is 9.13 Å². The van der Waals surface area contributed by atoms with Crippen LogP contribution in [0.25, 0.3) is 0 Å². The molecule has 0 aliphatic heterocycles. The van der Waals surface area contributed by atoms with Crippen molar-refractivity contribution in [3.63, 3.8) is 0 Å². The zero-order valence-corrected chi connectivity index (χ0v) is 12.0. The molecule has 2 aromatic heterocycles. The minimum Gasteiger partial charge on any atom is -0.387 e. The molecule has 2 N–H and O–H groups in total. The van der Waals surface area contributed by atoms with Crippen molar-refractivity contribution in [3.05, 3.63) is 35.9 Å². The van der Waals surface area contributed by atoms with Gasteiger partial charge in [-0.05, 0) is 12.1 Å². The average molecular weight is 274 g/mol. The van der Waals surface area contributed by atoms with E-state index in [0.29, 0.717) is 17.1 Å². The van der Waals surface area contributed by atoms with Crippen molar-refractivity contribution in [2.75, 3.05) is 17.7 Å². The molecule has 0 aliphatic rings. The first-order valence-electron chi connectivity index (χ1n) is 6.25. The summed E-state index contributed by atoms with van der Waals surface area (Å²) in [6, 6.07) is 3.44. The van der Waals surface area contributed by atoms with Crippen molar-refractivity contribution in [1.29, 1.82) is 0 Å². The number of anilines is 2. The summed E-state index contributed by atoms with van der Waals surface area (Å²) >= 11 is 0. The molecule has 0 saturated carbocycles. The maximum Gasteiger partial charge on any atom is 0.272 e. The fourth-order valence-corrected chi connectivity index (χ4v) is 2.11. The van der Waals surface area contributed by atoms with Gasteiger partial charge >= 0.3 is 0 Å². The maximum absolute atomic E-state index is 12.2. The van der Waals surface area contributed by atoms with E-state index in [4.69, 9.17) is 0 Å². The Morgan fingerprint density at radius 2 is 1.55 bits per heavy atom. The molecule has 2 heterocycles. The predicted octanol–water partition coefficient (Wildman–Crippen LogP) is 1.86. The quantitative estimate of drug-likeness (QED) is 0.836. The summed E-state index contributed by atoms with van der Waals surface area (Å²) < 4.78 is 3.44. The molecule has 0 aliphatic carbocycles. The largest absolute Gasteiger partial charge is 0.387 e. The first-order valence-corrected chi connectivity index (χ1v) is 6.25. The van der Waals surface area contributed by atoms with Gasteiger partial charge in [0, 0.05) is 40.5 Å². The predicted molar refractivity (Wildman–Crippen MR) is 78.3 cm³/mol. The number of nitrogens with one attached hydrogen (secondary N) is 2. The summed E-state index contributed by atoms with van der Waals surface area (Å²) in [5.74, 6) is -0.251. The fraction of sp³-hybridized carbons (Fsp3) is 0.286. The summed E-state index contributed by atoms with van der Waals surface area (Å²) in [5.41, 5.74) is 2.58. The average Bonchev–Trinajstić information content (AvgIpc) is 2.92.